The highest BCUT2D eigenvalue weighted by atomic mass is 35.5. The number of carbonyl (C=O) groups excluding carboxylic acids is 2. The van der Waals surface area contributed by atoms with Crippen molar-refractivity contribution in [3.63, 3.8) is 0 Å². The smallest absolute Gasteiger partial charge is 0.324 e. The molecule has 1 atom stereocenters. The zero-order valence-electron chi connectivity index (χ0n) is 16.4. The fraction of sp³-hybridized carbons (Fsp3) is 0.579. The van der Waals surface area contributed by atoms with Crippen LogP contribution in [0.15, 0.2) is 29.2 Å². The molecule has 1 saturated carbocycles. The van der Waals surface area contributed by atoms with Crippen LogP contribution in [0, 0.1) is 0 Å². The van der Waals surface area contributed by atoms with Crippen LogP contribution in [0.1, 0.15) is 38.5 Å². The fourth-order valence-corrected chi connectivity index (χ4v) is 4.90. The third-order valence-electron chi connectivity index (χ3n) is 4.63. The molecule has 1 aromatic carbocycles. The van der Waals surface area contributed by atoms with Gasteiger partial charge in [0.05, 0.1) is 4.90 Å². The zero-order chi connectivity index (χ0) is 21.3. The van der Waals surface area contributed by atoms with Gasteiger partial charge in [0.15, 0.2) is 6.61 Å². The molecule has 0 bridgehead atoms. The summed E-state index contributed by atoms with van der Waals surface area (Å²) in [5.74, 6) is -0.582. The van der Waals surface area contributed by atoms with Crippen molar-refractivity contribution in [1.29, 1.82) is 0 Å². The van der Waals surface area contributed by atoms with Gasteiger partial charge in [-0.15, -0.1) is 0 Å². The van der Waals surface area contributed by atoms with Gasteiger partial charge in [-0.05, 0) is 55.5 Å². The van der Waals surface area contributed by atoms with E-state index in [0.717, 1.165) is 25.7 Å². The first kappa shape index (κ1) is 24.0. The second kappa shape index (κ2) is 11.8. The molecular formula is C19H27ClN2O5S2. The molecule has 0 unspecified atom stereocenters. The number of benzene rings is 1. The first-order valence-electron chi connectivity index (χ1n) is 9.54. The fourth-order valence-electron chi connectivity index (χ4n) is 3.08. The Morgan fingerprint density at radius 3 is 2.48 bits per heavy atom. The topological polar surface area (TPSA) is 102 Å². The molecule has 0 saturated heterocycles. The summed E-state index contributed by atoms with van der Waals surface area (Å²) >= 11 is 7.28. The van der Waals surface area contributed by atoms with Crippen molar-refractivity contribution in [3.05, 3.63) is 29.3 Å². The van der Waals surface area contributed by atoms with Crippen LogP contribution >= 0.6 is 23.4 Å². The van der Waals surface area contributed by atoms with E-state index < -0.39 is 28.6 Å². The van der Waals surface area contributed by atoms with Gasteiger partial charge in [0.1, 0.15) is 6.04 Å². The molecule has 2 rings (SSSR count). The lowest BCUT2D eigenvalue weighted by atomic mass is 9.95. The number of amides is 1. The van der Waals surface area contributed by atoms with Crippen molar-refractivity contribution < 1.29 is 22.7 Å². The molecule has 0 aliphatic heterocycles. The molecule has 0 radical (unpaired) electrons. The van der Waals surface area contributed by atoms with Crippen molar-refractivity contribution in [1.82, 2.24) is 10.0 Å². The van der Waals surface area contributed by atoms with Crippen LogP contribution in [-0.2, 0) is 24.3 Å². The monoisotopic (exact) mass is 462 g/mol. The highest BCUT2D eigenvalue weighted by Crippen LogP contribution is 2.17. The molecular weight excluding hydrogens is 436 g/mol. The summed E-state index contributed by atoms with van der Waals surface area (Å²) in [6.07, 6.45) is 7.28. The summed E-state index contributed by atoms with van der Waals surface area (Å²) in [5.41, 5.74) is 0. The second-order valence-corrected chi connectivity index (χ2v) is 10.1. The summed E-state index contributed by atoms with van der Waals surface area (Å²) in [6, 6.07) is 4.68. The van der Waals surface area contributed by atoms with E-state index in [1.54, 1.807) is 0 Å². The summed E-state index contributed by atoms with van der Waals surface area (Å²) in [5, 5.41) is 3.27. The quantitative estimate of drug-likeness (QED) is 0.518. The summed E-state index contributed by atoms with van der Waals surface area (Å²) in [4.78, 5) is 24.5. The minimum Gasteiger partial charge on any atom is -0.454 e. The number of nitrogens with one attached hydrogen (secondary N) is 2. The maximum Gasteiger partial charge on any atom is 0.324 e. The van der Waals surface area contributed by atoms with E-state index in [-0.39, 0.29) is 23.3 Å². The van der Waals surface area contributed by atoms with E-state index >= 15 is 0 Å². The number of hydrogen-bond acceptors (Lipinski definition) is 6. The number of esters is 1. The van der Waals surface area contributed by atoms with Crippen molar-refractivity contribution in [3.8, 4) is 0 Å². The van der Waals surface area contributed by atoms with E-state index in [1.165, 1.54) is 42.4 Å². The maximum atomic E-state index is 12.6. The Morgan fingerprint density at radius 1 is 1.21 bits per heavy atom. The van der Waals surface area contributed by atoms with Crippen molar-refractivity contribution in [2.45, 2.75) is 55.5 Å². The van der Waals surface area contributed by atoms with Gasteiger partial charge in [-0.25, -0.2) is 8.42 Å². The first-order chi connectivity index (χ1) is 13.8. The second-order valence-electron chi connectivity index (χ2n) is 6.92. The molecule has 1 amide bonds. The van der Waals surface area contributed by atoms with Crippen molar-refractivity contribution in [2.75, 3.05) is 18.6 Å². The number of thioether (sulfide) groups is 1. The van der Waals surface area contributed by atoms with Gasteiger partial charge in [-0.1, -0.05) is 30.9 Å². The Bertz CT molecular complexity index is 780. The molecule has 2 N–H and O–H groups in total. The van der Waals surface area contributed by atoms with Crippen LogP contribution in [0.3, 0.4) is 0 Å². The summed E-state index contributed by atoms with van der Waals surface area (Å²) in [6.45, 7) is -0.423. The van der Waals surface area contributed by atoms with Crippen molar-refractivity contribution >= 4 is 45.3 Å². The molecule has 1 fully saturated rings. The lowest BCUT2D eigenvalue weighted by molar-refractivity contribution is -0.150. The van der Waals surface area contributed by atoms with Crippen LogP contribution in [-0.4, -0.2) is 51.0 Å². The molecule has 0 spiro atoms. The van der Waals surface area contributed by atoms with Crippen LogP contribution in [0.5, 0.6) is 0 Å². The van der Waals surface area contributed by atoms with E-state index in [1.807, 2.05) is 6.26 Å². The molecule has 10 heteroatoms. The normalized spacial score (nSPS) is 16.2. The third kappa shape index (κ3) is 8.16. The van der Waals surface area contributed by atoms with Gasteiger partial charge in [-0.2, -0.15) is 16.5 Å². The van der Waals surface area contributed by atoms with E-state index in [9.17, 15) is 18.0 Å². The Labute approximate surface area is 181 Å². The van der Waals surface area contributed by atoms with Gasteiger partial charge in [0, 0.05) is 11.1 Å². The van der Waals surface area contributed by atoms with Gasteiger partial charge in [-0.3, -0.25) is 9.59 Å². The molecule has 29 heavy (non-hydrogen) atoms. The maximum absolute atomic E-state index is 12.6. The highest BCUT2D eigenvalue weighted by Gasteiger charge is 2.27. The number of halogens is 1. The Hall–Kier alpha value is -1.29. The summed E-state index contributed by atoms with van der Waals surface area (Å²) in [7, 11) is -3.93. The standard InChI is InChI=1S/C19H27ClN2O5S2/c1-28-12-11-17(22-29(25,26)16-9-7-14(20)8-10-16)19(24)27-13-18(23)21-15-5-3-2-4-6-15/h7-10,15,17,22H,2-6,11-13H2,1H3,(H,21,23)/t17-/m1/s1. The SMILES string of the molecule is CSCC[C@@H](NS(=O)(=O)c1ccc(Cl)cc1)C(=O)OCC(=O)NC1CCCCC1. The van der Waals surface area contributed by atoms with Crippen LogP contribution in [0.4, 0.5) is 0 Å². The van der Waals surface area contributed by atoms with Crippen molar-refractivity contribution in [2.24, 2.45) is 0 Å². The minimum absolute atomic E-state index is 0.00102. The Morgan fingerprint density at radius 2 is 1.86 bits per heavy atom. The van der Waals surface area contributed by atoms with E-state index in [4.69, 9.17) is 16.3 Å². The average Bonchev–Trinajstić information content (AvgIpc) is 2.70. The predicted octanol–water partition coefficient (Wildman–Crippen LogP) is 2.73. The van der Waals surface area contributed by atoms with Gasteiger partial charge < -0.3 is 10.1 Å². The molecule has 0 aromatic heterocycles. The van der Waals surface area contributed by atoms with Crippen LogP contribution in [0.25, 0.3) is 0 Å². The predicted molar refractivity (Wildman–Crippen MR) is 115 cm³/mol. The van der Waals surface area contributed by atoms with Gasteiger partial charge in [0.25, 0.3) is 5.91 Å². The number of ether oxygens (including phenoxy) is 1. The largest absolute Gasteiger partial charge is 0.454 e. The third-order valence-corrected chi connectivity index (χ3v) is 7.02. The molecule has 0 heterocycles. The molecule has 162 valence electrons. The molecule has 7 nitrogen and oxygen atoms in total. The number of sulfonamides is 1. The van der Waals surface area contributed by atoms with Gasteiger partial charge >= 0.3 is 5.97 Å². The van der Waals surface area contributed by atoms with Crippen LogP contribution in [0.2, 0.25) is 5.02 Å². The molecule has 1 aromatic rings. The van der Waals surface area contributed by atoms with Crippen LogP contribution < -0.4 is 10.0 Å². The number of carbonyl (C=O) groups is 2. The summed E-state index contributed by atoms with van der Waals surface area (Å²) < 4.78 is 32.6. The first-order valence-corrected chi connectivity index (χ1v) is 12.8. The van der Waals surface area contributed by atoms with E-state index in [2.05, 4.69) is 10.0 Å². The molecule has 1 aliphatic carbocycles. The minimum atomic E-state index is -3.93. The lowest BCUT2D eigenvalue weighted by Gasteiger charge is -2.23. The molecule has 1 aliphatic rings. The Balaban J connectivity index is 1.94. The van der Waals surface area contributed by atoms with E-state index in [0.29, 0.717) is 10.8 Å². The average molecular weight is 463 g/mol. The van der Waals surface area contributed by atoms with Gasteiger partial charge in [0.2, 0.25) is 10.0 Å². The number of hydrogen-bond donors (Lipinski definition) is 2. The highest BCUT2D eigenvalue weighted by molar-refractivity contribution is 7.98. The lowest BCUT2D eigenvalue weighted by Crippen LogP contribution is -2.44. The zero-order valence-corrected chi connectivity index (χ0v) is 18.7. The number of rotatable bonds is 10. The Kier molecular flexibility index (Phi) is 9.74.